The first-order valence-corrected chi connectivity index (χ1v) is 8.26. The zero-order valence-corrected chi connectivity index (χ0v) is 12.9. The van der Waals surface area contributed by atoms with Gasteiger partial charge in [-0.05, 0) is 43.4 Å². The molecule has 1 aromatic carbocycles. The Kier molecular flexibility index (Phi) is 4.59. The molecule has 1 fully saturated rings. The van der Waals surface area contributed by atoms with Crippen molar-refractivity contribution in [2.75, 3.05) is 5.32 Å². The zero-order chi connectivity index (χ0) is 14.5. The molecule has 1 aliphatic carbocycles. The van der Waals surface area contributed by atoms with Crippen LogP contribution in [0.3, 0.4) is 0 Å². The number of nitrogens with zero attached hydrogens (tertiary/aromatic N) is 2. The molecule has 0 spiro atoms. The van der Waals surface area contributed by atoms with Gasteiger partial charge in [0, 0.05) is 24.1 Å². The van der Waals surface area contributed by atoms with E-state index in [0.29, 0.717) is 6.04 Å². The lowest BCUT2D eigenvalue weighted by Crippen LogP contribution is -2.17. The number of imidazole rings is 1. The zero-order valence-electron chi connectivity index (χ0n) is 12.9. The largest absolute Gasteiger partial charge is 0.353 e. The second kappa shape index (κ2) is 6.79. The number of unbranched alkanes of at least 4 members (excludes halogenated alkanes) is 1. The molecule has 0 amide bonds. The van der Waals surface area contributed by atoms with Crippen LogP contribution in [0.1, 0.15) is 51.0 Å². The van der Waals surface area contributed by atoms with E-state index in [1.165, 1.54) is 56.2 Å². The van der Waals surface area contributed by atoms with Gasteiger partial charge < -0.3 is 5.32 Å². The van der Waals surface area contributed by atoms with Crippen LogP contribution in [0.4, 0.5) is 5.95 Å². The fourth-order valence-corrected chi connectivity index (χ4v) is 3.08. The predicted octanol–water partition coefficient (Wildman–Crippen LogP) is 4.57. The highest BCUT2D eigenvalue weighted by Gasteiger charge is 2.16. The van der Waals surface area contributed by atoms with Crippen molar-refractivity contribution in [3.05, 3.63) is 42.2 Å². The van der Waals surface area contributed by atoms with E-state index in [2.05, 4.69) is 46.1 Å². The number of anilines is 1. The lowest BCUT2D eigenvalue weighted by atomic mass is 10.1. The molecule has 3 heteroatoms. The minimum Gasteiger partial charge on any atom is -0.353 e. The average Bonchev–Trinajstić information content (AvgIpc) is 3.18. The van der Waals surface area contributed by atoms with Crippen molar-refractivity contribution in [2.45, 2.75) is 57.9 Å². The minimum absolute atomic E-state index is 0.593. The molecule has 1 N–H and O–H groups in total. The van der Waals surface area contributed by atoms with Gasteiger partial charge in [0.15, 0.2) is 0 Å². The molecule has 0 bridgehead atoms. The van der Waals surface area contributed by atoms with E-state index in [-0.39, 0.29) is 0 Å². The van der Waals surface area contributed by atoms with Crippen LogP contribution in [0.2, 0.25) is 0 Å². The fraction of sp³-hybridized carbons (Fsp3) is 0.500. The van der Waals surface area contributed by atoms with Crippen molar-refractivity contribution >= 4 is 5.95 Å². The van der Waals surface area contributed by atoms with Crippen molar-refractivity contribution in [2.24, 2.45) is 0 Å². The summed E-state index contributed by atoms with van der Waals surface area (Å²) >= 11 is 0. The Bertz CT molecular complexity index is 550. The van der Waals surface area contributed by atoms with Gasteiger partial charge >= 0.3 is 0 Å². The van der Waals surface area contributed by atoms with Crippen molar-refractivity contribution < 1.29 is 0 Å². The lowest BCUT2D eigenvalue weighted by molar-refractivity contribution is 0.740. The van der Waals surface area contributed by atoms with Crippen LogP contribution in [0.25, 0.3) is 5.69 Å². The Morgan fingerprint density at radius 3 is 2.67 bits per heavy atom. The quantitative estimate of drug-likeness (QED) is 0.841. The molecule has 0 unspecified atom stereocenters. The molecule has 3 rings (SSSR count). The molecule has 1 saturated carbocycles. The Morgan fingerprint density at radius 1 is 1.19 bits per heavy atom. The van der Waals surface area contributed by atoms with Gasteiger partial charge in [0.05, 0.1) is 0 Å². The van der Waals surface area contributed by atoms with Crippen LogP contribution in [0.15, 0.2) is 36.7 Å². The normalized spacial score (nSPS) is 15.5. The van der Waals surface area contributed by atoms with Gasteiger partial charge in [-0.25, -0.2) is 4.98 Å². The van der Waals surface area contributed by atoms with Crippen LogP contribution in [-0.2, 0) is 6.42 Å². The summed E-state index contributed by atoms with van der Waals surface area (Å²) in [7, 11) is 0. The van der Waals surface area contributed by atoms with Crippen molar-refractivity contribution in [1.29, 1.82) is 0 Å². The Morgan fingerprint density at radius 2 is 1.95 bits per heavy atom. The molecule has 21 heavy (non-hydrogen) atoms. The van der Waals surface area contributed by atoms with Crippen molar-refractivity contribution in [3.8, 4) is 5.69 Å². The summed E-state index contributed by atoms with van der Waals surface area (Å²) in [5.41, 5.74) is 2.61. The number of nitrogens with one attached hydrogen (secondary N) is 1. The van der Waals surface area contributed by atoms with Crippen LogP contribution in [0.5, 0.6) is 0 Å². The van der Waals surface area contributed by atoms with E-state index < -0.39 is 0 Å². The predicted molar refractivity (Wildman–Crippen MR) is 88.1 cm³/mol. The topological polar surface area (TPSA) is 29.9 Å². The van der Waals surface area contributed by atoms with E-state index in [9.17, 15) is 0 Å². The van der Waals surface area contributed by atoms with Gasteiger partial charge in [-0.15, -0.1) is 0 Å². The number of aromatic nitrogens is 2. The van der Waals surface area contributed by atoms with Crippen LogP contribution in [0, 0.1) is 0 Å². The Labute approximate surface area is 127 Å². The minimum atomic E-state index is 0.593. The molecule has 0 aliphatic heterocycles. The summed E-state index contributed by atoms with van der Waals surface area (Å²) in [6, 6.07) is 9.48. The highest BCUT2D eigenvalue weighted by molar-refractivity contribution is 5.43. The van der Waals surface area contributed by atoms with Gasteiger partial charge in [-0.3, -0.25) is 4.57 Å². The Balaban J connectivity index is 1.72. The first-order valence-electron chi connectivity index (χ1n) is 8.26. The molecular weight excluding hydrogens is 258 g/mol. The standard InChI is InChI=1S/C18H25N3/c1-2-3-6-15-9-11-17(12-10-15)21-14-13-19-18(21)20-16-7-4-5-8-16/h9-14,16H,2-8H2,1H3,(H,19,20). The smallest absolute Gasteiger partial charge is 0.207 e. The molecule has 1 aliphatic rings. The number of hydrogen-bond acceptors (Lipinski definition) is 2. The summed E-state index contributed by atoms with van der Waals surface area (Å²) in [6.07, 6.45) is 12.8. The van der Waals surface area contributed by atoms with E-state index in [1.54, 1.807) is 0 Å². The molecule has 1 aromatic heterocycles. The van der Waals surface area contributed by atoms with E-state index in [4.69, 9.17) is 0 Å². The van der Waals surface area contributed by atoms with Gasteiger partial charge in [-0.2, -0.15) is 0 Å². The molecule has 0 radical (unpaired) electrons. The van der Waals surface area contributed by atoms with Crippen LogP contribution < -0.4 is 5.32 Å². The van der Waals surface area contributed by atoms with Crippen LogP contribution >= 0.6 is 0 Å². The first-order chi connectivity index (χ1) is 10.4. The van der Waals surface area contributed by atoms with Gasteiger partial charge in [0.2, 0.25) is 5.95 Å². The van der Waals surface area contributed by atoms with Crippen molar-refractivity contribution in [3.63, 3.8) is 0 Å². The summed E-state index contributed by atoms with van der Waals surface area (Å²) in [5, 5.41) is 3.59. The van der Waals surface area contributed by atoms with Gasteiger partial charge in [0.1, 0.15) is 0 Å². The summed E-state index contributed by atoms with van der Waals surface area (Å²) in [4.78, 5) is 4.48. The van der Waals surface area contributed by atoms with Gasteiger partial charge in [0.25, 0.3) is 0 Å². The van der Waals surface area contributed by atoms with E-state index >= 15 is 0 Å². The van der Waals surface area contributed by atoms with Gasteiger partial charge in [-0.1, -0.05) is 38.3 Å². The third-order valence-corrected chi connectivity index (χ3v) is 4.36. The highest BCUT2D eigenvalue weighted by Crippen LogP contribution is 2.23. The van der Waals surface area contributed by atoms with Crippen molar-refractivity contribution in [1.82, 2.24) is 9.55 Å². The van der Waals surface area contributed by atoms with Crippen LogP contribution in [-0.4, -0.2) is 15.6 Å². The number of aryl methyl sites for hydroxylation is 1. The SMILES string of the molecule is CCCCc1ccc(-n2ccnc2NC2CCCC2)cc1. The molecular formula is C18H25N3. The second-order valence-corrected chi connectivity index (χ2v) is 6.02. The highest BCUT2D eigenvalue weighted by atomic mass is 15.2. The molecule has 2 aromatic rings. The fourth-order valence-electron chi connectivity index (χ4n) is 3.08. The maximum Gasteiger partial charge on any atom is 0.207 e. The third-order valence-electron chi connectivity index (χ3n) is 4.36. The average molecular weight is 283 g/mol. The molecule has 0 saturated heterocycles. The Hall–Kier alpha value is -1.77. The summed E-state index contributed by atoms with van der Waals surface area (Å²) in [5.74, 6) is 0.975. The third kappa shape index (κ3) is 3.46. The monoisotopic (exact) mass is 283 g/mol. The molecule has 0 atom stereocenters. The number of benzene rings is 1. The number of rotatable bonds is 6. The van der Waals surface area contributed by atoms with E-state index in [0.717, 1.165) is 5.95 Å². The summed E-state index contributed by atoms with van der Waals surface area (Å²) in [6.45, 7) is 2.24. The summed E-state index contributed by atoms with van der Waals surface area (Å²) < 4.78 is 2.15. The first kappa shape index (κ1) is 14.2. The maximum absolute atomic E-state index is 4.48. The lowest BCUT2D eigenvalue weighted by Gasteiger charge is -2.15. The molecule has 3 nitrogen and oxygen atoms in total. The molecule has 112 valence electrons. The van der Waals surface area contributed by atoms with E-state index in [1.807, 2.05) is 12.4 Å². The second-order valence-electron chi connectivity index (χ2n) is 6.02. The molecule has 1 heterocycles. The maximum atomic E-state index is 4.48. The number of hydrogen-bond donors (Lipinski definition) is 1.